The Labute approximate surface area is 94.2 Å². The first-order valence-electron chi connectivity index (χ1n) is 4.09. The molecule has 0 saturated carbocycles. The molecule has 1 aromatic rings. The average Bonchev–Trinajstić information content (AvgIpc) is 2.15. The van der Waals surface area contributed by atoms with Crippen LogP contribution < -0.4 is 0 Å². The minimum atomic E-state index is -4.62. The second kappa shape index (κ2) is 4.14. The summed E-state index contributed by atoms with van der Waals surface area (Å²) in [5, 5.41) is 7.69. The molecule has 0 amide bonds. The quantitative estimate of drug-likeness (QED) is 0.715. The zero-order valence-corrected chi connectivity index (χ0v) is 8.78. The van der Waals surface area contributed by atoms with Crippen molar-refractivity contribution in [1.82, 2.24) is 0 Å². The predicted octanol–water partition coefficient (Wildman–Crippen LogP) is 3.26. The summed E-state index contributed by atoms with van der Waals surface area (Å²) in [6.07, 6.45) is -4.62. The van der Waals surface area contributed by atoms with E-state index in [4.69, 9.17) is 16.9 Å². The summed E-state index contributed by atoms with van der Waals surface area (Å²) >= 11 is 5.17. The molecule has 1 rings (SSSR count). The molecule has 0 spiro atoms. The molecule has 1 aromatic carbocycles. The van der Waals surface area contributed by atoms with Crippen molar-refractivity contribution >= 4 is 16.8 Å². The number of nitrogens with zero attached hydrogens (tertiary/aromatic N) is 1. The zero-order chi connectivity index (χ0) is 12.5. The lowest BCUT2D eigenvalue weighted by Crippen LogP contribution is -2.10. The molecule has 0 aliphatic heterocycles. The monoisotopic (exact) mass is 247 g/mol. The number of halogens is 4. The van der Waals surface area contributed by atoms with Gasteiger partial charge in [-0.15, -0.1) is 0 Å². The van der Waals surface area contributed by atoms with Gasteiger partial charge in [-0.25, -0.2) is 0 Å². The highest BCUT2D eigenvalue weighted by atomic mass is 35.5. The van der Waals surface area contributed by atoms with Crippen LogP contribution in [0.5, 0.6) is 0 Å². The largest absolute Gasteiger partial charge is 0.417 e. The summed E-state index contributed by atoms with van der Waals surface area (Å²) < 4.78 is 37.4. The van der Waals surface area contributed by atoms with Gasteiger partial charge in [0.15, 0.2) is 0 Å². The van der Waals surface area contributed by atoms with Crippen LogP contribution in [0.25, 0.3) is 0 Å². The Balaban J connectivity index is 3.52. The molecule has 0 aromatic heterocycles. The third kappa shape index (κ3) is 2.34. The Morgan fingerprint density at radius 3 is 2.38 bits per heavy atom. The van der Waals surface area contributed by atoms with E-state index in [2.05, 4.69) is 0 Å². The lowest BCUT2D eigenvalue weighted by atomic mass is 10.00. The van der Waals surface area contributed by atoms with Crippen molar-refractivity contribution < 1.29 is 18.0 Å². The van der Waals surface area contributed by atoms with E-state index in [1.165, 1.54) is 13.0 Å². The van der Waals surface area contributed by atoms with Crippen LogP contribution in [0, 0.1) is 18.3 Å². The van der Waals surface area contributed by atoms with Gasteiger partial charge in [0.2, 0.25) is 0 Å². The van der Waals surface area contributed by atoms with Gasteiger partial charge >= 0.3 is 6.18 Å². The molecule has 0 atom stereocenters. The van der Waals surface area contributed by atoms with Gasteiger partial charge in [0.1, 0.15) is 0 Å². The standard InChI is InChI=1S/C10H5ClF3NO/c1-5-2-8(10(12,13)14)6(4-15)3-7(5)9(11)16/h2-3H,1H3. The Bertz CT molecular complexity index is 488. The van der Waals surface area contributed by atoms with E-state index >= 15 is 0 Å². The van der Waals surface area contributed by atoms with E-state index in [1.807, 2.05) is 0 Å². The fourth-order valence-corrected chi connectivity index (χ4v) is 1.45. The summed E-state index contributed by atoms with van der Waals surface area (Å²) in [6, 6.07) is 2.99. The Kier molecular flexibility index (Phi) is 3.24. The first-order chi connectivity index (χ1) is 7.27. The lowest BCUT2D eigenvalue weighted by Gasteiger charge is -2.11. The first-order valence-corrected chi connectivity index (χ1v) is 4.47. The molecule has 0 saturated heterocycles. The van der Waals surface area contributed by atoms with Crippen LogP contribution in [-0.4, -0.2) is 5.24 Å². The van der Waals surface area contributed by atoms with Crippen molar-refractivity contribution in [3.63, 3.8) is 0 Å². The highest BCUT2D eigenvalue weighted by Crippen LogP contribution is 2.33. The molecule has 0 aliphatic carbocycles. The second-order valence-corrected chi connectivity index (χ2v) is 3.44. The average molecular weight is 248 g/mol. The Hall–Kier alpha value is -1.54. The molecule has 0 bridgehead atoms. The summed E-state index contributed by atoms with van der Waals surface area (Å²) in [5.41, 5.74) is -1.67. The van der Waals surface area contributed by atoms with Crippen LogP contribution >= 0.6 is 11.6 Å². The molecule has 0 heterocycles. The SMILES string of the molecule is Cc1cc(C(F)(F)F)c(C#N)cc1C(=O)Cl. The third-order valence-corrected chi connectivity index (χ3v) is 2.21. The summed E-state index contributed by atoms with van der Waals surface area (Å²) in [6.45, 7) is 1.33. The minimum Gasteiger partial charge on any atom is -0.276 e. The number of rotatable bonds is 1. The normalized spacial score (nSPS) is 11.0. The number of nitriles is 1. The van der Waals surface area contributed by atoms with Crippen LogP contribution in [0.4, 0.5) is 13.2 Å². The van der Waals surface area contributed by atoms with E-state index in [9.17, 15) is 18.0 Å². The first kappa shape index (κ1) is 12.5. The van der Waals surface area contributed by atoms with E-state index < -0.39 is 22.5 Å². The van der Waals surface area contributed by atoms with Gasteiger partial charge in [0.05, 0.1) is 17.2 Å². The topological polar surface area (TPSA) is 40.9 Å². The highest BCUT2D eigenvalue weighted by Gasteiger charge is 2.34. The Morgan fingerprint density at radius 1 is 1.44 bits per heavy atom. The summed E-state index contributed by atoms with van der Waals surface area (Å²) in [4.78, 5) is 10.9. The van der Waals surface area contributed by atoms with Crippen LogP contribution in [0.15, 0.2) is 12.1 Å². The van der Waals surface area contributed by atoms with E-state index in [1.54, 1.807) is 0 Å². The number of hydrogen-bond acceptors (Lipinski definition) is 2. The Morgan fingerprint density at radius 2 is 2.00 bits per heavy atom. The smallest absolute Gasteiger partial charge is 0.276 e. The highest BCUT2D eigenvalue weighted by molar-refractivity contribution is 6.67. The molecule has 0 aliphatic rings. The lowest BCUT2D eigenvalue weighted by molar-refractivity contribution is -0.137. The third-order valence-electron chi connectivity index (χ3n) is 2.00. The molecule has 0 N–H and O–H groups in total. The second-order valence-electron chi connectivity index (χ2n) is 3.10. The maximum Gasteiger partial charge on any atom is 0.417 e. The molecule has 6 heteroatoms. The van der Waals surface area contributed by atoms with Gasteiger partial charge < -0.3 is 0 Å². The van der Waals surface area contributed by atoms with Crippen molar-refractivity contribution in [2.45, 2.75) is 13.1 Å². The van der Waals surface area contributed by atoms with E-state index in [-0.39, 0.29) is 11.1 Å². The maximum atomic E-state index is 12.5. The van der Waals surface area contributed by atoms with E-state index in [0.29, 0.717) is 0 Å². The summed E-state index contributed by atoms with van der Waals surface area (Å²) in [7, 11) is 0. The minimum absolute atomic E-state index is 0.0892. The zero-order valence-electron chi connectivity index (χ0n) is 8.02. The molecule has 0 radical (unpaired) electrons. The van der Waals surface area contributed by atoms with Gasteiger partial charge in [0.25, 0.3) is 5.24 Å². The molecule has 2 nitrogen and oxygen atoms in total. The molecular formula is C10H5ClF3NO. The summed E-state index contributed by atoms with van der Waals surface area (Å²) in [5.74, 6) is 0. The van der Waals surface area contributed by atoms with Gasteiger partial charge in [0, 0.05) is 5.56 Å². The molecule has 16 heavy (non-hydrogen) atoms. The predicted molar refractivity (Wildman–Crippen MR) is 51.1 cm³/mol. The van der Waals surface area contributed by atoms with Crippen molar-refractivity contribution in [2.75, 3.05) is 0 Å². The van der Waals surface area contributed by atoms with Crippen LogP contribution in [0.1, 0.15) is 27.0 Å². The van der Waals surface area contributed by atoms with Crippen LogP contribution in [0.2, 0.25) is 0 Å². The molecule has 84 valence electrons. The van der Waals surface area contributed by atoms with Crippen molar-refractivity contribution in [2.24, 2.45) is 0 Å². The van der Waals surface area contributed by atoms with Gasteiger partial charge in [-0.1, -0.05) is 0 Å². The number of alkyl halides is 3. The fourth-order valence-electron chi connectivity index (χ4n) is 1.25. The number of carbonyl (C=O) groups excluding carboxylic acids is 1. The van der Waals surface area contributed by atoms with Gasteiger partial charge in [-0.05, 0) is 36.2 Å². The van der Waals surface area contributed by atoms with Crippen molar-refractivity contribution in [3.05, 3.63) is 34.4 Å². The number of carbonyl (C=O) groups is 1. The van der Waals surface area contributed by atoms with Gasteiger partial charge in [-0.2, -0.15) is 18.4 Å². The molecule has 0 unspecified atom stereocenters. The number of benzene rings is 1. The van der Waals surface area contributed by atoms with Crippen molar-refractivity contribution in [1.29, 1.82) is 5.26 Å². The van der Waals surface area contributed by atoms with Gasteiger partial charge in [-0.3, -0.25) is 4.79 Å². The molecular weight excluding hydrogens is 243 g/mol. The van der Waals surface area contributed by atoms with Crippen LogP contribution in [-0.2, 0) is 6.18 Å². The number of aryl methyl sites for hydroxylation is 1. The molecule has 0 fully saturated rings. The van der Waals surface area contributed by atoms with Crippen LogP contribution in [0.3, 0.4) is 0 Å². The van der Waals surface area contributed by atoms with Crippen molar-refractivity contribution in [3.8, 4) is 6.07 Å². The van der Waals surface area contributed by atoms with E-state index in [0.717, 1.165) is 12.1 Å². The number of hydrogen-bond donors (Lipinski definition) is 0. The maximum absolute atomic E-state index is 12.5. The fraction of sp³-hybridized carbons (Fsp3) is 0.200.